The second kappa shape index (κ2) is 26.4. The van der Waals surface area contributed by atoms with Gasteiger partial charge in [-0.3, -0.25) is 9.59 Å². The van der Waals surface area contributed by atoms with Crippen molar-refractivity contribution in [3.05, 3.63) is 153 Å². The van der Waals surface area contributed by atoms with Crippen LogP contribution >= 0.6 is 11.6 Å². The smallest absolute Gasteiger partial charge is 0.251 e. The molecule has 18 heteroatoms. The van der Waals surface area contributed by atoms with Gasteiger partial charge in [0.25, 0.3) is 5.91 Å². The summed E-state index contributed by atoms with van der Waals surface area (Å²) in [5.41, 5.74) is 2.22. The van der Waals surface area contributed by atoms with Gasteiger partial charge in [0.15, 0.2) is 5.78 Å². The third-order valence-electron chi connectivity index (χ3n) is 14.7. The number of ketones is 1. The molecule has 8 rings (SSSR count). The Morgan fingerprint density at radius 1 is 0.937 bits per heavy atom. The van der Waals surface area contributed by atoms with Gasteiger partial charge in [-0.15, -0.1) is 0 Å². The maximum Gasteiger partial charge on any atom is 0.251 e. The van der Waals surface area contributed by atoms with Gasteiger partial charge in [0.1, 0.15) is 28.6 Å². The Labute approximate surface area is 467 Å². The summed E-state index contributed by atoms with van der Waals surface area (Å²) in [7, 11) is 5.49. The number of nitriles is 1. The number of ether oxygens (including phenoxy) is 4. The van der Waals surface area contributed by atoms with Gasteiger partial charge in [0, 0.05) is 67.9 Å². The number of aryl methyl sites for hydroxylation is 1. The van der Waals surface area contributed by atoms with Crippen LogP contribution in [0, 0.1) is 35.3 Å². The molecule has 1 saturated carbocycles. The SMILES string of the molecule is COc1ccc(C(=O)NCCOCCOCCOC2CCC(Nc3nccc(-c4cnn(Cc5ccccc5)c4N(C)C)n3)CC2)cc1CC(=O)C1N[C@@H](CC(C)(C)C)[C@](C#N)(c2ccc(C)cc2F)[C@H]1c1cccc(Cl)c1F. The lowest BCUT2D eigenvalue weighted by Crippen LogP contribution is -2.44. The number of benzene rings is 4. The minimum atomic E-state index is -1.73. The minimum absolute atomic E-state index is 0.0208. The molecule has 1 aliphatic carbocycles. The van der Waals surface area contributed by atoms with E-state index in [1.54, 1.807) is 49.5 Å². The zero-order chi connectivity index (χ0) is 56.3. The molecule has 4 aromatic carbocycles. The van der Waals surface area contributed by atoms with E-state index < -0.39 is 46.2 Å². The lowest BCUT2D eigenvalue weighted by molar-refractivity contribution is -0.120. The molecule has 0 bridgehead atoms. The maximum absolute atomic E-state index is 16.3. The average Bonchev–Trinajstić information content (AvgIpc) is 3.51. The molecule has 79 heavy (non-hydrogen) atoms. The number of carbonyl (C=O) groups is 2. The summed E-state index contributed by atoms with van der Waals surface area (Å²) < 4.78 is 57.8. The number of aromatic nitrogens is 4. The number of methoxy groups -OCH3 is 1. The van der Waals surface area contributed by atoms with Crippen molar-refractivity contribution in [3.63, 3.8) is 0 Å². The van der Waals surface area contributed by atoms with Crippen LogP contribution in [-0.4, -0.2) is 116 Å². The third-order valence-corrected chi connectivity index (χ3v) is 15.0. The Kier molecular flexibility index (Phi) is 19.5. The van der Waals surface area contributed by atoms with Crippen LogP contribution in [-0.2, 0) is 37.4 Å². The molecule has 15 nitrogen and oxygen atoms in total. The molecule has 1 aliphatic heterocycles. The molecule has 418 valence electrons. The van der Waals surface area contributed by atoms with Crippen LogP contribution in [0.3, 0.4) is 0 Å². The van der Waals surface area contributed by atoms with Crippen LogP contribution in [0.4, 0.5) is 20.5 Å². The number of hydrogen-bond donors (Lipinski definition) is 3. The summed E-state index contributed by atoms with van der Waals surface area (Å²) in [5.74, 6) is -1.47. The number of hydrogen-bond acceptors (Lipinski definition) is 13. The molecule has 1 amide bonds. The van der Waals surface area contributed by atoms with Gasteiger partial charge < -0.3 is 39.8 Å². The molecule has 3 heterocycles. The summed E-state index contributed by atoms with van der Waals surface area (Å²) in [4.78, 5) is 39.7. The molecule has 2 aliphatic rings. The standard InChI is InChI=1S/C61H72ClF2N9O6/c1-39-16-22-47(49(63)32-39)61(38-65)53(35-60(2,3)4)71-56(54(61)45-14-11-15-48(62)55(45)64)51(74)34-42-33-41(17-23-52(42)76-7)57(75)66-26-27-77-28-29-78-30-31-79-44-20-18-43(19-21-44)69-59-67-25-24-50(70-59)46-36-68-73(58(46)72(5)6)37-40-12-9-8-10-13-40/h8-17,22-25,32-33,36,43-44,53-54,56,71H,18-21,26-31,34-35,37H2,1-7H3,(H,66,75)(H,67,69,70)/t43?,44?,53-,54-,56?,61-/m0/s1. The number of nitrogens with one attached hydrogen (secondary N) is 3. The number of halogens is 3. The Morgan fingerprint density at radius 2 is 1.68 bits per heavy atom. The van der Waals surface area contributed by atoms with E-state index in [0.717, 1.165) is 42.8 Å². The van der Waals surface area contributed by atoms with Crippen LogP contribution in [0.25, 0.3) is 11.3 Å². The second-order valence-electron chi connectivity index (χ2n) is 21.9. The first-order valence-corrected chi connectivity index (χ1v) is 27.4. The van der Waals surface area contributed by atoms with Crippen LogP contribution in [0.5, 0.6) is 5.75 Å². The molecule has 1 saturated heterocycles. The second-order valence-corrected chi connectivity index (χ2v) is 22.3. The van der Waals surface area contributed by atoms with E-state index in [1.165, 1.54) is 30.9 Å². The van der Waals surface area contributed by atoms with E-state index in [4.69, 9.17) is 40.6 Å². The fourth-order valence-electron chi connectivity index (χ4n) is 11.1. The van der Waals surface area contributed by atoms with Gasteiger partial charge in [-0.2, -0.15) is 10.4 Å². The van der Waals surface area contributed by atoms with Gasteiger partial charge in [-0.25, -0.2) is 23.4 Å². The normalized spacial score (nSPS) is 20.1. The molecule has 6 aromatic rings. The first kappa shape index (κ1) is 58.3. The van der Waals surface area contributed by atoms with Crippen LogP contribution < -0.4 is 25.6 Å². The zero-order valence-electron chi connectivity index (χ0n) is 46.2. The molecule has 3 N–H and O–H groups in total. The van der Waals surface area contributed by atoms with E-state index in [9.17, 15) is 14.9 Å². The molecular formula is C61H72ClF2N9O6. The largest absolute Gasteiger partial charge is 0.496 e. The highest BCUT2D eigenvalue weighted by Crippen LogP contribution is 2.53. The molecule has 1 unspecified atom stereocenters. The minimum Gasteiger partial charge on any atom is -0.496 e. The number of nitrogens with zero attached hydrogens (tertiary/aromatic N) is 6. The van der Waals surface area contributed by atoms with Gasteiger partial charge >= 0.3 is 0 Å². The molecular weight excluding hydrogens is 1030 g/mol. The summed E-state index contributed by atoms with van der Waals surface area (Å²) >= 11 is 6.35. The summed E-state index contributed by atoms with van der Waals surface area (Å²) in [6.45, 7) is 10.4. The number of Topliss-reactive ketones (excluding diaryl/α,β-unsaturated/α-hetero) is 1. The first-order valence-electron chi connectivity index (χ1n) is 27.0. The Hall–Kier alpha value is -6.81. The fraction of sp³-hybridized carbons (Fsp3) is 0.443. The summed E-state index contributed by atoms with van der Waals surface area (Å²) in [6.07, 6.45) is 7.57. The van der Waals surface area contributed by atoms with Crippen molar-refractivity contribution in [2.45, 2.75) is 108 Å². The van der Waals surface area contributed by atoms with Crippen molar-refractivity contribution in [3.8, 4) is 23.1 Å². The van der Waals surface area contributed by atoms with Crippen molar-refractivity contribution in [2.75, 3.05) is 71.0 Å². The van der Waals surface area contributed by atoms with Crippen molar-refractivity contribution in [1.29, 1.82) is 5.26 Å². The van der Waals surface area contributed by atoms with E-state index >= 15 is 8.78 Å². The zero-order valence-corrected chi connectivity index (χ0v) is 46.9. The predicted molar refractivity (Wildman–Crippen MR) is 302 cm³/mol. The van der Waals surface area contributed by atoms with Crippen molar-refractivity contribution in [2.24, 2.45) is 5.41 Å². The van der Waals surface area contributed by atoms with E-state index in [0.29, 0.717) is 62.2 Å². The highest BCUT2D eigenvalue weighted by molar-refractivity contribution is 6.30. The van der Waals surface area contributed by atoms with Crippen molar-refractivity contribution >= 4 is 35.1 Å². The fourth-order valence-corrected chi connectivity index (χ4v) is 11.2. The third kappa shape index (κ3) is 14.2. The lowest BCUT2D eigenvalue weighted by atomic mass is 9.62. The monoisotopic (exact) mass is 1100 g/mol. The molecule has 0 spiro atoms. The highest BCUT2D eigenvalue weighted by Gasteiger charge is 2.61. The number of rotatable bonds is 24. The Morgan fingerprint density at radius 3 is 2.39 bits per heavy atom. The maximum atomic E-state index is 16.3. The predicted octanol–water partition coefficient (Wildman–Crippen LogP) is 10.0. The lowest BCUT2D eigenvalue weighted by Gasteiger charge is -2.37. The Balaban J connectivity index is 0.776. The van der Waals surface area contributed by atoms with Crippen LogP contribution in [0.15, 0.2) is 103 Å². The Bertz CT molecular complexity index is 3090. The topological polar surface area (TPSA) is 178 Å². The highest BCUT2D eigenvalue weighted by atomic mass is 35.5. The summed E-state index contributed by atoms with van der Waals surface area (Å²) in [6, 6.07) is 26.8. The van der Waals surface area contributed by atoms with Gasteiger partial charge in [-0.1, -0.05) is 87.0 Å². The number of amides is 1. The van der Waals surface area contributed by atoms with Crippen molar-refractivity contribution < 1.29 is 37.3 Å². The van der Waals surface area contributed by atoms with E-state index in [1.807, 2.05) is 70.0 Å². The average molecular weight is 1100 g/mol. The van der Waals surface area contributed by atoms with Crippen LogP contribution in [0.1, 0.15) is 97.0 Å². The quantitative estimate of drug-likeness (QED) is 0.0489. The van der Waals surface area contributed by atoms with Gasteiger partial charge in [0.2, 0.25) is 5.95 Å². The molecule has 0 radical (unpaired) electrons. The summed E-state index contributed by atoms with van der Waals surface area (Å²) in [5, 5.41) is 25.6. The van der Waals surface area contributed by atoms with Gasteiger partial charge in [-0.05, 0) is 97.5 Å². The van der Waals surface area contributed by atoms with Gasteiger partial charge in [0.05, 0.1) is 87.4 Å². The molecule has 4 atom stereocenters. The first-order chi connectivity index (χ1) is 38.0. The molecule has 2 fully saturated rings. The van der Waals surface area contributed by atoms with Crippen LogP contribution in [0.2, 0.25) is 5.02 Å². The van der Waals surface area contributed by atoms with E-state index in [2.05, 4.69) is 44.0 Å². The number of anilines is 2. The van der Waals surface area contributed by atoms with Crippen molar-refractivity contribution in [1.82, 2.24) is 30.4 Å². The van der Waals surface area contributed by atoms with E-state index in [-0.39, 0.29) is 59.3 Å². The number of carbonyl (C=O) groups excluding carboxylic acids is 2. The molecule has 2 aromatic heterocycles.